The number of carbonyl (C=O) groups is 2. The van der Waals surface area contributed by atoms with E-state index in [1.54, 1.807) is 0 Å². The Balaban J connectivity index is 1.18. The zero-order valence-electron chi connectivity index (χ0n) is 22.2. The van der Waals surface area contributed by atoms with Gasteiger partial charge in [0.05, 0.1) is 16.7 Å². The second kappa shape index (κ2) is 10.7. The van der Waals surface area contributed by atoms with E-state index in [2.05, 4.69) is 29.5 Å². The van der Waals surface area contributed by atoms with Crippen LogP contribution in [-0.2, 0) is 22.3 Å². The number of benzene rings is 1. The molecule has 0 radical (unpaired) electrons. The van der Waals surface area contributed by atoms with E-state index in [0.29, 0.717) is 44.2 Å². The molecule has 3 aliphatic rings. The molecule has 1 aromatic heterocycles. The van der Waals surface area contributed by atoms with E-state index >= 15 is 0 Å². The number of rotatable bonds is 6. The van der Waals surface area contributed by atoms with E-state index < -0.39 is 17.2 Å². The summed E-state index contributed by atoms with van der Waals surface area (Å²) in [7, 11) is 0. The van der Waals surface area contributed by atoms with Gasteiger partial charge in [0.25, 0.3) is 5.91 Å². The lowest BCUT2D eigenvalue weighted by molar-refractivity contribution is -0.145. The molecule has 1 aliphatic carbocycles. The van der Waals surface area contributed by atoms with Crippen molar-refractivity contribution in [1.82, 2.24) is 15.2 Å². The number of nitrogens with zero attached hydrogens (tertiary/aromatic N) is 3. The lowest BCUT2D eigenvalue weighted by Gasteiger charge is -2.42. The second-order valence-electron chi connectivity index (χ2n) is 11.0. The first-order chi connectivity index (χ1) is 18.5. The molecule has 8 nitrogen and oxygen atoms in total. The highest BCUT2D eigenvalue weighted by Gasteiger charge is 2.49. The Bertz CT molecular complexity index is 1230. The van der Waals surface area contributed by atoms with Crippen LogP contribution in [-0.4, -0.2) is 60.5 Å². The predicted octanol–water partition coefficient (Wildman–Crippen LogP) is 4.06. The van der Waals surface area contributed by atoms with Crippen molar-refractivity contribution < 1.29 is 27.5 Å². The van der Waals surface area contributed by atoms with Gasteiger partial charge in [-0.05, 0) is 55.0 Å². The van der Waals surface area contributed by atoms with Crippen LogP contribution in [0.4, 0.5) is 24.7 Å². The molecule has 11 heteroatoms. The molecule has 39 heavy (non-hydrogen) atoms. The lowest BCUT2D eigenvalue weighted by Crippen LogP contribution is -2.54. The second-order valence-corrected chi connectivity index (χ2v) is 11.0. The smallest absolute Gasteiger partial charge is 0.416 e. The van der Waals surface area contributed by atoms with E-state index in [9.17, 15) is 22.8 Å². The molecule has 2 amide bonds. The third-order valence-electron chi connectivity index (χ3n) is 8.32. The molecule has 2 fully saturated rings. The summed E-state index contributed by atoms with van der Waals surface area (Å²) in [6, 6.07) is 7.95. The number of nitrogens with one attached hydrogen (secondary N) is 2. The predicted molar refractivity (Wildman–Crippen MR) is 140 cm³/mol. The fourth-order valence-electron chi connectivity index (χ4n) is 5.93. The standard InChI is InChI=1S/C28H34F3N5O3/c1-18(2)27(7-5-21(15-27)33-16-19-3-4-22-23(13-19)39-17-25(37)34-22)26(38)36-11-9-35(10-12-36)24-14-20(6-8-32-24)28(29,30)31/h3-4,6,8,13-14,18,21,33H,5,7,9-12,15-17H2,1-2H3,(H,34,37)/t21-,27+/m0/s1. The van der Waals surface area contributed by atoms with Crippen LogP contribution >= 0.6 is 0 Å². The van der Waals surface area contributed by atoms with Gasteiger partial charge in [0.2, 0.25) is 5.91 Å². The zero-order chi connectivity index (χ0) is 27.8. The van der Waals surface area contributed by atoms with Crippen molar-refractivity contribution >= 4 is 23.3 Å². The van der Waals surface area contributed by atoms with Crippen molar-refractivity contribution in [1.29, 1.82) is 0 Å². The number of fused-ring (bicyclic) bond motifs is 1. The van der Waals surface area contributed by atoms with E-state index in [0.717, 1.165) is 37.0 Å². The number of hydrogen-bond donors (Lipinski definition) is 2. The van der Waals surface area contributed by atoms with Gasteiger partial charge < -0.3 is 25.2 Å². The highest BCUT2D eigenvalue weighted by Crippen LogP contribution is 2.46. The Kier molecular flexibility index (Phi) is 7.45. The van der Waals surface area contributed by atoms with Crippen LogP contribution in [0.5, 0.6) is 5.75 Å². The normalized spacial score (nSPS) is 23.4. The molecule has 0 bridgehead atoms. The first-order valence-corrected chi connectivity index (χ1v) is 13.4. The maximum Gasteiger partial charge on any atom is 0.416 e. The molecule has 0 spiro atoms. The number of ether oxygens (including phenoxy) is 1. The number of alkyl halides is 3. The summed E-state index contributed by atoms with van der Waals surface area (Å²) in [5, 5.41) is 6.40. The summed E-state index contributed by atoms with van der Waals surface area (Å²) in [6.45, 7) is 6.62. The molecule has 2 aliphatic heterocycles. The Hall–Kier alpha value is -3.34. The Morgan fingerprint density at radius 3 is 2.69 bits per heavy atom. The van der Waals surface area contributed by atoms with Gasteiger partial charge in [-0.3, -0.25) is 9.59 Å². The Labute approximate surface area is 225 Å². The fraction of sp³-hybridized carbons (Fsp3) is 0.536. The van der Waals surface area contributed by atoms with Gasteiger partial charge in [0.15, 0.2) is 6.61 Å². The van der Waals surface area contributed by atoms with Crippen LogP contribution in [0.3, 0.4) is 0 Å². The number of carbonyl (C=O) groups excluding carboxylic acids is 2. The molecule has 5 rings (SSSR count). The van der Waals surface area contributed by atoms with Gasteiger partial charge in [0, 0.05) is 45.0 Å². The quantitative estimate of drug-likeness (QED) is 0.570. The maximum absolute atomic E-state index is 13.9. The van der Waals surface area contributed by atoms with Crippen molar-refractivity contribution in [2.45, 2.75) is 51.9 Å². The maximum atomic E-state index is 13.9. The number of piperazine rings is 1. The monoisotopic (exact) mass is 545 g/mol. The van der Waals surface area contributed by atoms with Crippen LogP contribution in [0.25, 0.3) is 0 Å². The molecular weight excluding hydrogens is 511 g/mol. The number of amides is 2. The fourth-order valence-corrected chi connectivity index (χ4v) is 5.93. The minimum atomic E-state index is -4.42. The summed E-state index contributed by atoms with van der Waals surface area (Å²) in [4.78, 5) is 33.2. The van der Waals surface area contributed by atoms with E-state index in [1.165, 1.54) is 6.20 Å². The molecule has 1 aromatic carbocycles. The van der Waals surface area contributed by atoms with Crippen molar-refractivity contribution in [2.24, 2.45) is 11.3 Å². The number of hydrogen-bond acceptors (Lipinski definition) is 6. The van der Waals surface area contributed by atoms with Crippen LogP contribution < -0.4 is 20.3 Å². The third-order valence-corrected chi connectivity index (χ3v) is 8.32. The first-order valence-electron chi connectivity index (χ1n) is 13.4. The minimum absolute atomic E-state index is 0.0102. The largest absolute Gasteiger partial charge is 0.482 e. The third kappa shape index (κ3) is 5.68. The molecular formula is C28H34F3N5O3. The van der Waals surface area contributed by atoms with Crippen LogP contribution in [0.15, 0.2) is 36.5 Å². The van der Waals surface area contributed by atoms with Gasteiger partial charge in [0.1, 0.15) is 11.6 Å². The summed E-state index contributed by atoms with van der Waals surface area (Å²) in [5.74, 6) is 1.07. The Morgan fingerprint density at radius 1 is 1.21 bits per heavy atom. The number of pyridine rings is 1. The molecule has 2 atom stereocenters. The molecule has 0 unspecified atom stereocenters. The van der Waals surface area contributed by atoms with Crippen LogP contribution in [0.2, 0.25) is 0 Å². The molecule has 3 heterocycles. The van der Waals surface area contributed by atoms with Crippen molar-refractivity contribution in [3.8, 4) is 5.75 Å². The highest BCUT2D eigenvalue weighted by molar-refractivity contribution is 5.95. The summed E-state index contributed by atoms with van der Waals surface area (Å²) in [5.41, 5.74) is 0.517. The van der Waals surface area contributed by atoms with Crippen LogP contribution in [0.1, 0.15) is 44.2 Å². The topological polar surface area (TPSA) is 86.8 Å². The molecule has 210 valence electrons. The Morgan fingerprint density at radius 2 is 1.97 bits per heavy atom. The first kappa shape index (κ1) is 27.2. The number of halogens is 3. The molecule has 1 saturated heterocycles. The number of aromatic nitrogens is 1. The van der Waals surface area contributed by atoms with Gasteiger partial charge in [-0.1, -0.05) is 19.9 Å². The van der Waals surface area contributed by atoms with Crippen molar-refractivity contribution in [2.75, 3.05) is 43.0 Å². The molecule has 2 aromatic rings. The average molecular weight is 546 g/mol. The lowest BCUT2D eigenvalue weighted by atomic mass is 9.74. The summed E-state index contributed by atoms with van der Waals surface area (Å²) < 4.78 is 44.9. The number of anilines is 2. The van der Waals surface area contributed by atoms with Crippen molar-refractivity contribution in [3.05, 3.63) is 47.7 Å². The van der Waals surface area contributed by atoms with E-state index in [-0.39, 0.29) is 36.2 Å². The summed E-state index contributed by atoms with van der Waals surface area (Å²) in [6.07, 6.45) is -0.830. The SMILES string of the molecule is CC(C)[C@@]1(C(=O)N2CCN(c3cc(C(F)(F)F)ccn3)CC2)CC[C@H](NCc2ccc3c(c2)OCC(=O)N3)C1. The molecule has 1 saturated carbocycles. The molecule has 2 N–H and O–H groups in total. The van der Waals surface area contributed by atoms with Gasteiger partial charge in [-0.25, -0.2) is 4.98 Å². The highest BCUT2D eigenvalue weighted by atomic mass is 19.4. The zero-order valence-corrected chi connectivity index (χ0v) is 22.2. The summed E-state index contributed by atoms with van der Waals surface area (Å²) >= 11 is 0. The van der Waals surface area contributed by atoms with Crippen molar-refractivity contribution in [3.63, 3.8) is 0 Å². The van der Waals surface area contributed by atoms with Gasteiger partial charge in [-0.15, -0.1) is 0 Å². The van der Waals surface area contributed by atoms with Gasteiger partial charge >= 0.3 is 6.18 Å². The average Bonchev–Trinajstić information content (AvgIpc) is 3.37. The van der Waals surface area contributed by atoms with Gasteiger partial charge in [-0.2, -0.15) is 13.2 Å². The van der Waals surface area contributed by atoms with Crippen LogP contribution in [0, 0.1) is 11.3 Å². The van der Waals surface area contributed by atoms with E-state index in [1.807, 2.05) is 28.0 Å². The van der Waals surface area contributed by atoms with E-state index in [4.69, 9.17) is 4.74 Å². The minimum Gasteiger partial charge on any atom is -0.482 e.